The summed E-state index contributed by atoms with van der Waals surface area (Å²) >= 11 is 0. The first-order valence-corrected chi connectivity index (χ1v) is 10.2. The molecule has 9 heteroatoms. The van der Waals surface area contributed by atoms with E-state index in [-0.39, 0.29) is 18.0 Å². The smallest absolute Gasteiger partial charge is 0.324 e. The summed E-state index contributed by atoms with van der Waals surface area (Å²) in [5.41, 5.74) is 2.64. The molecule has 0 radical (unpaired) electrons. The zero-order chi connectivity index (χ0) is 23.4. The lowest BCUT2D eigenvalue weighted by Crippen LogP contribution is -2.15. The maximum atomic E-state index is 12.6. The molecule has 1 atom stereocenters. The van der Waals surface area contributed by atoms with Crippen LogP contribution in [0.5, 0.6) is 0 Å². The molecule has 0 bridgehead atoms. The first-order valence-electron chi connectivity index (χ1n) is 10.2. The van der Waals surface area contributed by atoms with E-state index in [1.807, 2.05) is 30.3 Å². The summed E-state index contributed by atoms with van der Waals surface area (Å²) in [7, 11) is 0. The van der Waals surface area contributed by atoms with Crippen LogP contribution in [-0.2, 0) is 17.4 Å². The van der Waals surface area contributed by atoms with E-state index in [2.05, 4.69) is 44.7 Å². The van der Waals surface area contributed by atoms with Crippen molar-refractivity contribution in [3.8, 4) is 11.1 Å². The van der Waals surface area contributed by atoms with Crippen molar-refractivity contribution < 1.29 is 18.0 Å². The normalized spacial score (nSPS) is 15.3. The Hall–Kier alpha value is -4.01. The van der Waals surface area contributed by atoms with Crippen LogP contribution in [0.2, 0.25) is 0 Å². The predicted molar refractivity (Wildman–Crippen MR) is 119 cm³/mol. The van der Waals surface area contributed by atoms with E-state index in [0.29, 0.717) is 11.9 Å². The number of pyridine rings is 1. The van der Waals surface area contributed by atoms with Gasteiger partial charge in [0.25, 0.3) is 0 Å². The van der Waals surface area contributed by atoms with E-state index in [1.165, 1.54) is 6.07 Å². The van der Waals surface area contributed by atoms with Crippen LogP contribution >= 0.6 is 0 Å². The number of nitrogens with one attached hydrogen (secondary N) is 2. The molecular weight excluding hydrogens is 431 g/mol. The third-order valence-electron chi connectivity index (χ3n) is 4.92. The predicted octanol–water partition coefficient (Wildman–Crippen LogP) is 5.24. The molecule has 1 amide bonds. The van der Waals surface area contributed by atoms with Gasteiger partial charge in [-0.25, -0.2) is 15.0 Å². The van der Waals surface area contributed by atoms with Crippen LogP contribution in [-0.4, -0.2) is 20.9 Å². The summed E-state index contributed by atoms with van der Waals surface area (Å²) in [6, 6.07) is 9.34. The Labute approximate surface area is 188 Å². The summed E-state index contributed by atoms with van der Waals surface area (Å²) in [5.74, 6) is 0.543. The van der Waals surface area contributed by atoms with Crippen molar-refractivity contribution in [3.63, 3.8) is 0 Å². The van der Waals surface area contributed by atoms with Gasteiger partial charge in [0, 0.05) is 23.7 Å². The number of anilines is 2. The number of nitrogens with zero attached hydrogens (tertiary/aromatic N) is 3. The number of halogens is 3. The second-order valence-electron chi connectivity index (χ2n) is 7.61. The largest absolute Gasteiger partial charge is 0.433 e. The maximum absolute atomic E-state index is 12.6. The molecule has 2 heterocycles. The number of aromatic nitrogens is 3. The SMILES string of the molecule is CC1C=CC(Nc2ncc(-c3ccc(CC(=O)Nc4ccc(C(F)(F)F)nc4)cc3)cn2)=C1. The molecule has 0 spiro atoms. The molecule has 0 aliphatic heterocycles. The van der Waals surface area contributed by atoms with Gasteiger partial charge in [0.15, 0.2) is 0 Å². The molecule has 4 rings (SSSR count). The molecule has 3 aromatic rings. The van der Waals surface area contributed by atoms with Gasteiger partial charge >= 0.3 is 6.18 Å². The van der Waals surface area contributed by atoms with E-state index in [0.717, 1.165) is 34.7 Å². The van der Waals surface area contributed by atoms with Gasteiger partial charge in [-0.3, -0.25) is 4.79 Å². The third kappa shape index (κ3) is 5.82. The van der Waals surface area contributed by atoms with Crippen molar-refractivity contribution in [2.45, 2.75) is 19.5 Å². The van der Waals surface area contributed by atoms with Crippen LogP contribution in [0.25, 0.3) is 11.1 Å². The Morgan fingerprint density at radius 2 is 1.70 bits per heavy atom. The lowest BCUT2D eigenvalue weighted by atomic mass is 10.1. The lowest BCUT2D eigenvalue weighted by molar-refractivity contribution is -0.141. The van der Waals surface area contributed by atoms with Crippen LogP contribution < -0.4 is 10.6 Å². The van der Waals surface area contributed by atoms with Crippen molar-refractivity contribution in [3.05, 3.63) is 90.2 Å². The fourth-order valence-corrected chi connectivity index (χ4v) is 3.24. The van der Waals surface area contributed by atoms with Gasteiger partial charge in [-0.15, -0.1) is 0 Å². The second kappa shape index (κ2) is 9.23. The van der Waals surface area contributed by atoms with Crippen molar-refractivity contribution >= 4 is 17.5 Å². The Morgan fingerprint density at radius 1 is 0.970 bits per heavy atom. The summed E-state index contributed by atoms with van der Waals surface area (Å²) < 4.78 is 37.7. The first-order chi connectivity index (χ1) is 15.8. The molecule has 6 nitrogen and oxygen atoms in total. The van der Waals surface area contributed by atoms with Gasteiger partial charge in [-0.2, -0.15) is 13.2 Å². The molecule has 1 aliphatic carbocycles. The van der Waals surface area contributed by atoms with Crippen molar-refractivity contribution in [2.24, 2.45) is 5.92 Å². The highest BCUT2D eigenvalue weighted by atomic mass is 19.4. The summed E-state index contributed by atoms with van der Waals surface area (Å²) in [4.78, 5) is 24.2. The quantitative estimate of drug-likeness (QED) is 0.536. The average molecular weight is 451 g/mol. The molecule has 33 heavy (non-hydrogen) atoms. The topological polar surface area (TPSA) is 79.8 Å². The minimum absolute atomic E-state index is 0.0711. The fraction of sp³-hybridized carbons (Fsp3) is 0.167. The van der Waals surface area contributed by atoms with Gasteiger partial charge in [0.2, 0.25) is 11.9 Å². The van der Waals surface area contributed by atoms with E-state index in [1.54, 1.807) is 12.4 Å². The minimum atomic E-state index is -4.52. The first kappa shape index (κ1) is 22.2. The fourth-order valence-electron chi connectivity index (χ4n) is 3.24. The number of amides is 1. The van der Waals surface area contributed by atoms with Gasteiger partial charge in [0.05, 0.1) is 18.3 Å². The van der Waals surface area contributed by atoms with Crippen LogP contribution in [0.1, 0.15) is 18.2 Å². The number of benzene rings is 1. The standard InChI is InChI=1S/C24H20F3N5O/c1-15-2-7-19(10-15)32-23-29-12-18(13-30-23)17-5-3-16(4-6-17)11-22(33)31-20-8-9-21(28-14-20)24(25,26)27/h2-10,12-15H,11H2,1H3,(H,31,33)(H,29,30,32). The van der Waals surface area contributed by atoms with E-state index < -0.39 is 11.9 Å². The lowest BCUT2D eigenvalue weighted by Gasteiger charge is -2.09. The van der Waals surface area contributed by atoms with Gasteiger partial charge in [-0.05, 0) is 35.3 Å². The Bertz CT molecular complexity index is 1180. The number of allylic oxidation sites excluding steroid dienone is 3. The van der Waals surface area contributed by atoms with Crippen LogP contribution in [0.15, 0.2) is 78.9 Å². The van der Waals surface area contributed by atoms with Crippen molar-refractivity contribution in [2.75, 3.05) is 10.6 Å². The van der Waals surface area contributed by atoms with Crippen LogP contribution in [0.3, 0.4) is 0 Å². The summed E-state index contributed by atoms with van der Waals surface area (Å²) in [5, 5.41) is 5.71. The number of carbonyl (C=O) groups is 1. The summed E-state index contributed by atoms with van der Waals surface area (Å²) in [6.07, 6.45) is 6.14. The molecule has 168 valence electrons. The molecule has 1 aliphatic rings. The van der Waals surface area contributed by atoms with Crippen molar-refractivity contribution in [1.29, 1.82) is 0 Å². The van der Waals surface area contributed by atoms with Crippen molar-refractivity contribution in [1.82, 2.24) is 15.0 Å². The number of alkyl halides is 3. The molecule has 0 saturated carbocycles. The molecule has 1 unspecified atom stereocenters. The molecule has 1 aromatic carbocycles. The van der Waals surface area contributed by atoms with E-state index in [9.17, 15) is 18.0 Å². The summed E-state index contributed by atoms with van der Waals surface area (Å²) in [6.45, 7) is 2.09. The zero-order valence-electron chi connectivity index (χ0n) is 17.6. The molecule has 2 N–H and O–H groups in total. The maximum Gasteiger partial charge on any atom is 0.433 e. The van der Waals surface area contributed by atoms with Gasteiger partial charge < -0.3 is 10.6 Å². The van der Waals surface area contributed by atoms with E-state index in [4.69, 9.17) is 0 Å². The highest BCUT2D eigenvalue weighted by Crippen LogP contribution is 2.28. The molecular formula is C24H20F3N5O. The number of carbonyl (C=O) groups excluding carboxylic acids is 1. The highest BCUT2D eigenvalue weighted by molar-refractivity contribution is 5.92. The van der Waals surface area contributed by atoms with Crippen LogP contribution in [0, 0.1) is 5.92 Å². The Kier molecular flexibility index (Phi) is 6.21. The molecule has 2 aromatic heterocycles. The van der Waals surface area contributed by atoms with Gasteiger partial charge in [0.1, 0.15) is 5.69 Å². The number of rotatable bonds is 6. The Morgan fingerprint density at radius 3 is 2.27 bits per heavy atom. The minimum Gasteiger partial charge on any atom is -0.324 e. The monoisotopic (exact) mass is 451 g/mol. The third-order valence-corrected chi connectivity index (χ3v) is 4.92. The molecule has 0 fully saturated rings. The van der Waals surface area contributed by atoms with E-state index >= 15 is 0 Å². The van der Waals surface area contributed by atoms with Crippen LogP contribution in [0.4, 0.5) is 24.8 Å². The number of hydrogen-bond acceptors (Lipinski definition) is 5. The Balaban J connectivity index is 1.33. The van der Waals surface area contributed by atoms with Gasteiger partial charge in [-0.1, -0.05) is 43.3 Å². The second-order valence-corrected chi connectivity index (χ2v) is 7.61. The highest BCUT2D eigenvalue weighted by Gasteiger charge is 2.32. The molecule has 0 saturated heterocycles. The zero-order valence-corrected chi connectivity index (χ0v) is 17.6. The number of hydrogen-bond donors (Lipinski definition) is 2. The average Bonchev–Trinajstić information content (AvgIpc) is 3.19.